The molecule has 1 aliphatic rings. The van der Waals surface area contributed by atoms with Crippen LogP contribution in [-0.2, 0) is 4.74 Å². The van der Waals surface area contributed by atoms with Gasteiger partial charge in [0.1, 0.15) is 0 Å². The largest absolute Gasteiger partial charge is 0.381 e. The van der Waals surface area contributed by atoms with Crippen LogP contribution in [-0.4, -0.2) is 42.6 Å². The fourth-order valence-electron chi connectivity index (χ4n) is 4.01. The topological polar surface area (TPSA) is 62.4 Å². The maximum atomic E-state index is 12.8. The summed E-state index contributed by atoms with van der Waals surface area (Å²) in [5.41, 5.74) is 3.26. The number of ether oxygens (including phenoxy) is 1. The number of aromatic amines is 1. The van der Waals surface area contributed by atoms with E-state index in [1.54, 1.807) is 4.90 Å². The summed E-state index contributed by atoms with van der Waals surface area (Å²) in [7, 11) is 1.86. The summed E-state index contributed by atoms with van der Waals surface area (Å²) in [6.07, 6.45) is 2.01. The Hall–Kier alpha value is -2.92. The SMILES string of the molecule is Cc1cccc2c(=O)[nH]c(-c3ccc(C(=O)N(C)CC4CCOCC4)cc3)cc12. The molecule has 4 rings (SSSR count). The fourth-order valence-corrected chi connectivity index (χ4v) is 4.01. The highest BCUT2D eigenvalue weighted by Crippen LogP contribution is 2.23. The molecule has 2 aromatic carbocycles. The molecule has 1 aromatic heterocycles. The van der Waals surface area contributed by atoms with Crippen molar-refractivity contribution in [3.8, 4) is 11.3 Å². The second-order valence-electron chi connectivity index (χ2n) is 7.87. The molecule has 1 saturated heterocycles. The number of H-pyrrole nitrogens is 1. The molecular weight excluding hydrogens is 364 g/mol. The maximum Gasteiger partial charge on any atom is 0.256 e. The molecule has 0 aliphatic carbocycles. The van der Waals surface area contributed by atoms with Gasteiger partial charge in [0.15, 0.2) is 0 Å². The van der Waals surface area contributed by atoms with Crippen molar-refractivity contribution in [2.24, 2.45) is 5.92 Å². The van der Waals surface area contributed by atoms with Gasteiger partial charge in [-0.3, -0.25) is 9.59 Å². The first-order valence-electron chi connectivity index (χ1n) is 10.1. The summed E-state index contributed by atoms with van der Waals surface area (Å²) in [4.78, 5) is 30.0. The molecule has 2 heterocycles. The Morgan fingerprint density at radius 3 is 2.55 bits per heavy atom. The minimum absolute atomic E-state index is 0.0193. The number of aromatic nitrogens is 1. The van der Waals surface area contributed by atoms with Gasteiger partial charge < -0.3 is 14.6 Å². The summed E-state index contributed by atoms with van der Waals surface area (Å²) in [5, 5.41) is 1.64. The second-order valence-corrected chi connectivity index (χ2v) is 7.87. The van der Waals surface area contributed by atoms with E-state index in [4.69, 9.17) is 4.74 Å². The van der Waals surface area contributed by atoms with Gasteiger partial charge in [0.2, 0.25) is 0 Å². The summed E-state index contributed by atoms with van der Waals surface area (Å²) < 4.78 is 5.40. The molecule has 5 nitrogen and oxygen atoms in total. The van der Waals surface area contributed by atoms with E-state index in [1.165, 1.54) is 0 Å². The molecule has 0 bridgehead atoms. The lowest BCUT2D eigenvalue weighted by Crippen LogP contribution is -2.34. The number of hydrogen-bond donors (Lipinski definition) is 1. The third kappa shape index (κ3) is 4.10. The van der Waals surface area contributed by atoms with Crippen LogP contribution < -0.4 is 5.56 Å². The molecule has 1 amide bonds. The van der Waals surface area contributed by atoms with E-state index in [-0.39, 0.29) is 11.5 Å². The van der Waals surface area contributed by atoms with Gasteiger partial charge in [-0.05, 0) is 66.5 Å². The number of nitrogens with one attached hydrogen (secondary N) is 1. The summed E-state index contributed by atoms with van der Waals surface area (Å²) >= 11 is 0. The zero-order chi connectivity index (χ0) is 20.4. The van der Waals surface area contributed by atoms with Crippen molar-refractivity contribution < 1.29 is 9.53 Å². The fraction of sp³-hybridized carbons (Fsp3) is 0.333. The smallest absolute Gasteiger partial charge is 0.256 e. The van der Waals surface area contributed by atoms with Crippen LogP contribution in [0.4, 0.5) is 0 Å². The minimum Gasteiger partial charge on any atom is -0.381 e. The number of fused-ring (bicyclic) bond motifs is 1. The minimum atomic E-state index is -0.0995. The molecule has 3 aromatic rings. The summed E-state index contributed by atoms with van der Waals surface area (Å²) in [5.74, 6) is 0.522. The Labute approximate surface area is 170 Å². The van der Waals surface area contributed by atoms with Crippen LogP contribution in [0.15, 0.2) is 53.3 Å². The number of nitrogens with zero attached hydrogens (tertiary/aromatic N) is 1. The van der Waals surface area contributed by atoms with Crippen molar-refractivity contribution in [2.75, 3.05) is 26.8 Å². The highest BCUT2D eigenvalue weighted by Gasteiger charge is 2.19. The van der Waals surface area contributed by atoms with Crippen LogP contribution in [0.5, 0.6) is 0 Å². The number of rotatable bonds is 4. The molecule has 150 valence electrons. The Morgan fingerprint density at radius 2 is 1.83 bits per heavy atom. The van der Waals surface area contributed by atoms with Crippen molar-refractivity contribution in [3.05, 3.63) is 70.0 Å². The Kier molecular flexibility index (Phi) is 5.49. The van der Waals surface area contributed by atoms with Gasteiger partial charge >= 0.3 is 0 Å². The average Bonchev–Trinajstić information content (AvgIpc) is 2.74. The molecule has 0 radical (unpaired) electrons. The van der Waals surface area contributed by atoms with E-state index in [1.807, 2.05) is 62.5 Å². The van der Waals surface area contributed by atoms with Crippen LogP contribution in [0.3, 0.4) is 0 Å². The molecule has 5 heteroatoms. The van der Waals surface area contributed by atoms with E-state index in [2.05, 4.69) is 4.98 Å². The van der Waals surface area contributed by atoms with Crippen molar-refractivity contribution in [1.29, 1.82) is 0 Å². The number of benzene rings is 2. The van der Waals surface area contributed by atoms with Crippen molar-refractivity contribution in [2.45, 2.75) is 19.8 Å². The number of carbonyl (C=O) groups excluding carboxylic acids is 1. The number of carbonyl (C=O) groups is 1. The lowest BCUT2D eigenvalue weighted by atomic mass is 9.99. The van der Waals surface area contributed by atoms with Gasteiger partial charge in [-0.25, -0.2) is 0 Å². The number of aryl methyl sites for hydroxylation is 1. The van der Waals surface area contributed by atoms with Gasteiger partial charge in [0.25, 0.3) is 11.5 Å². The van der Waals surface area contributed by atoms with Crippen LogP contribution >= 0.6 is 0 Å². The first-order valence-corrected chi connectivity index (χ1v) is 10.1. The van der Waals surface area contributed by atoms with Gasteiger partial charge in [0, 0.05) is 43.4 Å². The third-order valence-electron chi connectivity index (χ3n) is 5.77. The van der Waals surface area contributed by atoms with E-state index in [9.17, 15) is 9.59 Å². The summed E-state index contributed by atoms with van der Waals surface area (Å²) in [6, 6.07) is 15.2. The monoisotopic (exact) mass is 390 g/mol. The molecule has 0 spiro atoms. The second kappa shape index (κ2) is 8.21. The summed E-state index contributed by atoms with van der Waals surface area (Å²) in [6.45, 7) is 4.32. The number of pyridine rings is 1. The first kappa shape index (κ1) is 19.4. The Balaban J connectivity index is 1.54. The Bertz CT molecular complexity index is 1080. The maximum absolute atomic E-state index is 12.8. The molecular formula is C24H26N2O3. The standard InChI is InChI=1S/C24H26N2O3/c1-16-4-3-5-20-21(16)14-22(25-23(20)27)18-6-8-19(9-7-18)24(28)26(2)15-17-10-12-29-13-11-17/h3-9,14,17H,10-13,15H2,1-2H3,(H,25,27). The highest BCUT2D eigenvalue weighted by molar-refractivity contribution is 5.94. The normalized spacial score (nSPS) is 14.8. The molecule has 0 atom stereocenters. The molecule has 1 aliphatic heterocycles. The highest BCUT2D eigenvalue weighted by atomic mass is 16.5. The Morgan fingerprint density at radius 1 is 1.10 bits per heavy atom. The van der Waals surface area contributed by atoms with Gasteiger partial charge in [-0.1, -0.05) is 24.3 Å². The lowest BCUT2D eigenvalue weighted by molar-refractivity contribution is 0.0497. The lowest BCUT2D eigenvalue weighted by Gasteiger charge is -2.27. The van der Waals surface area contributed by atoms with Crippen molar-refractivity contribution in [3.63, 3.8) is 0 Å². The van der Waals surface area contributed by atoms with Crippen molar-refractivity contribution in [1.82, 2.24) is 9.88 Å². The zero-order valence-corrected chi connectivity index (χ0v) is 16.9. The van der Waals surface area contributed by atoms with Gasteiger partial charge in [0.05, 0.1) is 0 Å². The molecule has 0 saturated carbocycles. The average molecular weight is 390 g/mol. The van der Waals surface area contributed by atoms with Crippen LogP contribution in [0, 0.1) is 12.8 Å². The predicted molar refractivity (Wildman–Crippen MR) is 115 cm³/mol. The van der Waals surface area contributed by atoms with E-state index in [0.717, 1.165) is 54.8 Å². The molecule has 1 fully saturated rings. The first-order chi connectivity index (χ1) is 14.0. The molecule has 29 heavy (non-hydrogen) atoms. The predicted octanol–water partition coefficient (Wildman–Crippen LogP) is 4.00. The van der Waals surface area contributed by atoms with E-state index < -0.39 is 0 Å². The van der Waals surface area contributed by atoms with Crippen LogP contribution in [0.2, 0.25) is 0 Å². The van der Waals surface area contributed by atoms with Crippen LogP contribution in [0.25, 0.3) is 22.0 Å². The van der Waals surface area contributed by atoms with Crippen LogP contribution in [0.1, 0.15) is 28.8 Å². The number of amides is 1. The van der Waals surface area contributed by atoms with Crippen molar-refractivity contribution >= 4 is 16.7 Å². The molecule has 0 unspecified atom stereocenters. The van der Waals surface area contributed by atoms with E-state index in [0.29, 0.717) is 16.9 Å². The van der Waals surface area contributed by atoms with Gasteiger partial charge in [-0.15, -0.1) is 0 Å². The third-order valence-corrected chi connectivity index (χ3v) is 5.77. The molecule has 1 N–H and O–H groups in total. The number of hydrogen-bond acceptors (Lipinski definition) is 3. The van der Waals surface area contributed by atoms with Gasteiger partial charge in [-0.2, -0.15) is 0 Å². The zero-order valence-electron chi connectivity index (χ0n) is 16.9. The quantitative estimate of drug-likeness (QED) is 0.732. The van der Waals surface area contributed by atoms with E-state index >= 15 is 0 Å².